The van der Waals surface area contributed by atoms with Crippen LogP contribution in [0.2, 0.25) is 0 Å². The van der Waals surface area contributed by atoms with E-state index < -0.39 is 0 Å². The lowest BCUT2D eigenvalue weighted by atomic mass is 10.1. The fourth-order valence-corrected chi connectivity index (χ4v) is 2.64. The van der Waals surface area contributed by atoms with Crippen LogP contribution < -0.4 is 11.3 Å². The number of para-hydroxylation sites is 1. The van der Waals surface area contributed by atoms with Gasteiger partial charge in [-0.3, -0.25) is 4.79 Å². The van der Waals surface area contributed by atoms with Crippen molar-refractivity contribution in [2.75, 3.05) is 5.73 Å². The number of benzene rings is 1. The first-order valence-corrected chi connectivity index (χ1v) is 7.10. The average Bonchev–Trinajstić information content (AvgIpc) is 2.97. The molecule has 0 radical (unpaired) electrons. The summed E-state index contributed by atoms with van der Waals surface area (Å²) < 4.78 is 1.90. The number of fused-ring (bicyclic) bond motifs is 1. The van der Waals surface area contributed by atoms with E-state index >= 15 is 0 Å². The highest BCUT2D eigenvalue weighted by Gasteiger charge is 2.15. The van der Waals surface area contributed by atoms with Gasteiger partial charge in [-0.25, -0.2) is 9.97 Å². The normalized spacial score (nSPS) is 11.0. The van der Waals surface area contributed by atoms with E-state index in [0.717, 1.165) is 16.8 Å². The van der Waals surface area contributed by atoms with Crippen molar-refractivity contribution in [1.82, 2.24) is 19.5 Å². The molecule has 0 aliphatic rings. The van der Waals surface area contributed by atoms with Gasteiger partial charge in [0.05, 0.1) is 11.7 Å². The Bertz CT molecular complexity index is 1030. The van der Waals surface area contributed by atoms with Gasteiger partial charge in [-0.15, -0.1) is 0 Å². The molecule has 6 nitrogen and oxygen atoms in total. The average molecular weight is 303 g/mol. The van der Waals surface area contributed by atoms with E-state index in [1.54, 1.807) is 12.3 Å². The van der Waals surface area contributed by atoms with E-state index in [0.29, 0.717) is 16.9 Å². The SMILES string of the molecule is Nc1ccc(-c2cn(-c3ccccc3)c3nc[nH]c(=O)c23)cn1. The predicted molar refractivity (Wildman–Crippen MR) is 89.3 cm³/mol. The number of nitrogens with one attached hydrogen (secondary N) is 1. The third-order valence-corrected chi connectivity index (χ3v) is 3.72. The summed E-state index contributed by atoms with van der Waals surface area (Å²) in [5.41, 5.74) is 8.59. The quantitative estimate of drug-likeness (QED) is 0.595. The van der Waals surface area contributed by atoms with E-state index in [1.807, 2.05) is 47.2 Å². The Balaban J connectivity index is 2.06. The minimum absolute atomic E-state index is 0.184. The van der Waals surface area contributed by atoms with Crippen molar-refractivity contribution in [3.63, 3.8) is 0 Å². The monoisotopic (exact) mass is 303 g/mol. The zero-order valence-electron chi connectivity index (χ0n) is 12.1. The Kier molecular flexibility index (Phi) is 2.94. The van der Waals surface area contributed by atoms with E-state index in [1.165, 1.54) is 6.33 Å². The number of H-pyrrole nitrogens is 1. The number of nitrogens with two attached hydrogens (primary N) is 1. The first-order chi connectivity index (χ1) is 11.2. The first-order valence-electron chi connectivity index (χ1n) is 7.10. The molecule has 0 spiro atoms. The summed E-state index contributed by atoms with van der Waals surface area (Å²) in [6, 6.07) is 13.3. The van der Waals surface area contributed by atoms with Gasteiger partial charge >= 0.3 is 0 Å². The summed E-state index contributed by atoms with van der Waals surface area (Å²) in [5, 5.41) is 0.530. The number of aromatic nitrogens is 4. The highest BCUT2D eigenvalue weighted by molar-refractivity contribution is 5.94. The molecule has 0 bridgehead atoms. The van der Waals surface area contributed by atoms with Crippen LogP contribution in [-0.2, 0) is 0 Å². The van der Waals surface area contributed by atoms with Gasteiger partial charge in [0.1, 0.15) is 5.82 Å². The number of nitrogen functional groups attached to an aromatic ring is 1. The van der Waals surface area contributed by atoms with Gasteiger partial charge in [-0.2, -0.15) is 0 Å². The van der Waals surface area contributed by atoms with Crippen LogP contribution in [0.15, 0.2) is 66.0 Å². The van der Waals surface area contributed by atoms with Crippen LogP contribution in [0.3, 0.4) is 0 Å². The summed E-state index contributed by atoms with van der Waals surface area (Å²) in [6.45, 7) is 0. The molecule has 6 heteroatoms. The number of aromatic amines is 1. The van der Waals surface area contributed by atoms with Crippen molar-refractivity contribution in [3.8, 4) is 16.8 Å². The Morgan fingerprint density at radius 2 is 1.87 bits per heavy atom. The molecule has 0 atom stereocenters. The number of anilines is 1. The van der Waals surface area contributed by atoms with Crippen LogP contribution in [0.25, 0.3) is 27.8 Å². The van der Waals surface area contributed by atoms with Crippen molar-refractivity contribution in [2.24, 2.45) is 0 Å². The molecule has 3 heterocycles. The molecule has 0 saturated heterocycles. The number of hydrogen-bond donors (Lipinski definition) is 2. The van der Waals surface area contributed by atoms with Crippen molar-refractivity contribution in [3.05, 3.63) is 71.5 Å². The molecular weight excluding hydrogens is 290 g/mol. The molecule has 0 fully saturated rings. The number of pyridine rings is 1. The lowest BCUT2D eigenvalue weighted by Crippen LogP contribution is -2.07. The number of nitrogens with zero attached hydrogens (tertiary/aromatic N) is 3. The smallest absolute Gasteiger partial charge is 0.260 e. The van der Waals surface area contributed by atoms with Crippen molar-refractivity contribution in [2.45, 2.75) is 0 Å². The lowest BCUT2D eigenvalue weighted by molar-refractivity contribution is 1.07. The largest absolute Gasteiger partial charge is 0.384 e. The van der Waals surface area contributed by atoms with Gasteiger partial charge in [-0.05, 0) is 24.3 Å². The Hall–Kier alpha value is -3.41. The molecule has 23 heavy (non-hydrogen) atoms. The van der Waals surface area contributed by atoms with Crippen LogP contribution >= 0.6 is 0 Å². The summed E-state index contributed by atoms with van der Waals surface area (Å²) in [5.74, 6) is 0.438. The predicted octanol–water partition coefficient (Wildman–Crippen LogP) is 2.36. The highest BCUT2D eigenvalue weighted by Crippen LogP contribution is 2.29. The van der Waals surface area contributed by atoms with Crippen molar-refractivity contribution < 1.29 is 0 Å². The summed E-state index contributed by atoms with van der Waals surface area (Å²) in [6.07, 6.45) is 4.97. The van der Waals surface area contributed by atoms with Crippen LogP contribution in [0.1, 0.15) is 0 Å². The van der Waals surface area contributed by atoms with Crippen molar-refractivity contribution in [1.29, 1.82) is 0 Å². The fraction of sp³-hybridized carbons (Fsp3) is 0. The molecule has 0 aliphatic heterocycles. The van der Waals surface area contributed by atoms with Crippen LogP contribution in [0.5, 0.6) is 0 Å². The third-order valence-electron chi connectivity index (χ3n) is 3.72. The topological polar surface area (TPSA) is 89.6 Å². The van der Waals surface area contributed by atoms with Gasteiger partial charge in [0.15, 0.2) is 5.65 Å². The highest BCUT2D eigenvalue weighted by atomic mass is 16.1. The Morgan fingerprint density at radius 3 is 2.61 bits per heavy atom. The molecule has 4 aromatic rings. The van der Waals surface area contributed by atoms with E-state index in [4.69, 9.17) is 5.73 Å². The van der Waals surface area contributed by atoms with Gasteiger partial charge in [-0.1, -0.05) is 18.2 Å². The summed E-state index contributed by atoms with van der Waals surface area (Å²) in [7, 11) is 0. The molecule has 112 valence electrons. The molecule has 3 aromatic heterocycles. The first kappa shape index (κ1) is 13.3. The molecule has 0 unspecified atom stereocenters. The maximum Gasteiger partial charge on any atom is 0.260 e. The Morgan fingerprint density at radius 1 is 1.04 bits per heavy atom. The van der Waals surface area contributed by atoms with E-state index in [9.17, 15) is 4.79 Å². The molecule has 0 amide bonds. The molecular formula is C17H13N5O. The second-order valence-corrected chi connectivity index (χ2v) is 5.15. The van der Waals surface area contributed by atoms with Gasteiger partial charge in [0.25, 0.3) is 5.56 Å². The number of hydrogen-bond acceptors (Lipinski definition) is 4. The second kappa shape index (κ2) is 5.10. The molecule has 4 rings (SSSR count). The second-order valence-electron chi connectivity index (χ2n) is 5.15. The lowest BCUT2D eigenvalue weighted by Gasteiger charge is -2.03. The minimum atomic E-state index is -0.184. The maximum atomic E-state index is 12.3. The summed E-state index contributed by atoms with van der Waals surface area (Å²) >= 11 is 0. The molecule has 0 saturated carbocycles. The standard InChI is InChI=1S/C17H13N5O/c18-14-7-6-11(8-19-14)13-9-22(12-4-2-1-3-5-12)16-15(13)17(23)21-10-20-16/h1-10H,(H2,18,19)(H,20,21,23). The van der Waals surface area contributed by atoms with Gasteiger partial charge in [0, 0.05) is 29.2 Å². The van der Waals surface area contributed by atoms with Crippen LogP contribution in [0, 0.1) is 0 Å². The fourth-order valence-electron chi connectivity index (χ4n) is 2.64. The maximum absolute atomic E-state index is 12.3. The zero-order valence-corrected chi connectivity index (χ0v) is 12.1. The van der Waals surface area contributed by atoms with Gasteiger partial charge < -0.3 is 15.3 Å². The van der Waals surface area contributed by atoms with E-state index in [2.05, 4.69) is 15.0 Å². The third kappa shape index (κ3) is 2.17. The van der Waals surface area contributed by atoms with Gasteiger partial charge in [0.2, 0.25) is 0 Å². The zero-order chi connectivity index (χ0) is 15.8. The summed E-state index contributed by atoms with van der Waals surface area (Å²) in [4.78, 5) is 23.4. The molecule has 3 N–H and O–H groups in total. The Labute approximate surface area is 131 Å². The molecule has 1 aromatic carbocycles. The number of rotatable bonds is 2. The minimum Gasteiger partial charge on any atom is -0.384 e. The van der Waals surface area contributed by atoms with Crippen LogP contribution in [-0.4, -0.2) is 19.5 Å². The van der Waals surface area contributed by atoms with E-state index in [-0.39, 0.29) is 5.56 Å². The molecule has 0 aliphatic carbocycles. The van der Waals surface area contributed by atoms with Crippen molar-refractivity contribution >= 4 is 16.9 Å². The van der Waals surface area contributed by atoms with Crippen LogP contribution in [0.4, 0.5) is 5.82 Å².